The maximum atomic E-state index is 10.8. The van der Waals surface area contributed by atoms with Crippen molar-refractivity contribution < 1.29 is 9.53 Å². The molecule has 0 radical (unpaired) electrons. The number of esters is 1. The second-order valence-corrected chi connectivity index (χ2v) is 2.49. The first-order valence-electron chi connectivity index (χ1n) is 3.58. The Morgan fingerprint density at radius 2 is 2.50 bits per heavy atom. The fourth-order valence-electron chi connectivity index (χ4n) is 1.04. The number of rotatable bonds is 3. The molecule has 1 aliphatic rings. The van der Waals surface area contributed by atoms with Gasteiger partial charge in [-0.05, 0) is 6.42 Å². The van der Waals surface area contributed by atoms with Crippen LogP contribution in [0.5, 0.6) is 0 Å². The summed E-state index contributed by atoms with van der Waals surface area (Å²) in [5, 5.41) is 0. The van der Waals surface area contributed by atoms with E-state index in [0.29, 0.717) is 0 Å². The molecule has 0 spiro atoms. The third-order valence-electron chi connectivity index (χ3n) is 1.66. The third kappa shape index (κ3) is 1.38. The number of carbonyl (C=O) groups excluding carboxylic acids is 1. The first-order valence-corrected chi connectivity index (χ1v) is 3.58. The van der Waals surface area contributed by atoms with Gasteiger partial charge in [0.2, 0.25) is 0 Å². The highest BCUT2D eigenvalue weighted by Gasteiger charge is 2.31. The third-order valence-corrected chi connectivity index (χ3v) is 1.66. The van der Waals surface area contributed by atoms with Crippen molar-refractivity contribution in [2.24, 2.45) is 5.92 Å². The van der Waals surface area contributed by atoms with Crippen LogP contribution in [0.1, 0.15) is 19.8 Å². The van der Waals surface area contributed by atoms with Crippen molar-refractivity contribution in [3.63, 3.8) is 0 Å². The Morgan fingerprint density at radius 1 is 1.80 bits per heavy atom. The van der Waals surface area contributed by atoms with Gasteiger partial charge in [-0.1, -0.05) is 25.0 Å². The van der Waals surface area contributed by atoms with Crippen molar-refractivity contribution in [2.75, 3.05) is 7.11 Å². The van der Waals surface area contributed by atoms with Crippen LogP contribution in [0, 0.1) is 5.92 Å². The second kappa shape index (κ2) is 2.86. The van der Waals surface area contributed by atoms with E-state index in [9.17, 15) is 4.79 Å². The zero-order chi connectivity index (χ0) is 7.56. The molecule has 0 amide bonds. The van der Waals surface area contributed by atoms with Gasteiger partial charge in [-0.3, -0.25) is 4.79 Å². The Bertz CT molecular complexity index is 170. The summed E-state index contributed by atoms with van der Waals surface area (Å²) in [5.41, 5.74) is 1.24. The van der Waals surface area contributed by atoms with E-state index in [1.807, 2.05) is 6.08 Å². The summed E-state index contributed by atoms with van der Waals surface area (Å²) >= 11 is 0. The highest BCUT2D eigenvalue weighted by Crippen LogP contribution is 2.33. The number of hydrogen-bond donors (Lipinski definition) is 0. The standard InChI is InChI=1S/C8H12O2/c1-3-4-6-5-7(6)8(9)10-2/h5,7H,3-4H2,1-2H3. The first kappa shape index (κ1) is 7.32. The summed E-state index contributed by atoms with van der Waals surface area (Å²) in [6.07, 6.45) is 4.12. The molecule has 0 fully saturated rings. The molecule has 2 heteroatoms. The van der Waals surface area contributed by atoms with Crippen molar-refractivity contribution in [1.82, 2.24) is 0 Å². The van der Waals surface area contributed by atoms with E-state index in [0.717, 1.165) is 12.8 Å². The number of carbonyl (C=O) groups is 1. The topological polar surface area (TPSA) is 26.3 Å². The maximum Gasteiger partial charge on any atom is 0.316 e. The molecule has 0 saturated heterocycles. The molecule has 1 unspecified atom stereocenters. The normalized spacial score (nSPS) is 21.8. The van der Waals surface area contributed by atoms with Crippen molar-refractivity contribution in [2.45, 2.75) is 19.8 Å². The van der Waals surface area contributed by atoms with Crippen LogP contribution in [0.15, 0.2) is 11.6 Å². The largest absolute Gasteiger partial charge is 0.468 e. The van der Waals surface area contributed by atoms with E-state index in [-0.39, 0.29) is 11.9 Å². The lowest BCUT2D eigenvalue weighted by atomic mass is 10.2. The zero-order valence-corrected chi connectivity index (χ0v) is 6.39. The average Bonchev–Trinajstić information content (AvgIpc) is 2.67. The van der Waals surface area contributed by atoms with Crippen LogP contribution in [-0.2, 0) is 9.53 Å². The van der Waals surface area contributed by atoms with E-state index >= 15 is 0 Å². The van der Waals surface area contributed by atoms with Gasteiger partial charge in [0.1, 0.15) is 0 Å². The van der Waals surface area contributed by atoms with E-state index in [2.05, 4.69) is 11.7 Å². The van der Waals surface area contributed by atoms with Gasteiger partial charge in [-0.2, -0.15) is 0 Å². The van der Waals surface area contributed by atoms with Gasteiger partial charge in [0, 0.05) is 0 Å². The van der Waals surface area contributed by atoms with Crippen LogP contribution in [0.25, 0.3) is 0 Å². The Morgan fingerprint density at radius 3 is 3.00 bits per heavy atom. The summed E-state index contributed by atoms with van der Waals surface area (Å²) in [6, 6.07) is 0. The molecule has 0 N–H and O–H groups in total. The smallest absolute Gasteiger partial charge is 0.316 e. The highest BCUT2D eigenvalue weighted by atomic mass is 16.5. The minimum atomic E-state index is -0.108. The fraction of sp³-hybridized carbons (Fsp3) is 0.625. The molecular weight excluding hydrogens is 128 g/mol. The Balaban J connectivity index is 2.22. The molecule has 2 nitrogen and oxygen atoms in total. The molecule has 10 heavy (non-hydrogen) atoms. The van der Waals surface area contributed by atoms with Gasteiger partial charge in [0.25, 0.3) is 0 Å². The van der Waals surface area contributed by atoms with Crippen LogP contribution in [0.4, 0.5) is 0 Å². The summed E-state index contributed by atoms with van der Waals surface area (Å²) in [7, 11) is 1.43. The van der Waals surface area contributed by atoms with Gasteiger partial charge in [-0.15, -0.1) is 0 Å². The number of ether oxygens (including phenoxy) is 1. The van der Waals surface area contributed by atoms with Gasteiger partial charge in [-0.25, -0.2) is 0 Å². The second-order valence-electron chi connectivity index (χ2n) is 2.49. The van der Waals surface area contributed by atoms with Crippen LogP contribution in [-0.4, -0.2) is 13.1 Å². The van der Waals surface area contributed by atoms with Crippen molar-refractivity contribution in [3.8, 4) is 0 Å². The van der Waals surface area contributed by atoms with Crippen LogP contribution in [0.3, 0.4) is 0 Å². The molecule has 0 aromatic carbocycles. The Hall–Kier alpha value is -0.790. The Labute approximate surface area is 60.9 Å². The molecule has 0 aromatic heterocycles. The molecule has 56 valence electrons. The molecule has 1 aliphatic carbocycles. The minimum Gasteiger partial charge on any atom is -0.468 e. The molecule has 1 rings (SSSR count). The predicted octanol–water partition coefficient (Wildman–Crippen LogP) is 1.52. The molecule has 0 bridgehead atoms. The lowest BCUT2D eigenvalue weighted by molar-refractivity contribution is -0.141. The lowest BCUT2D eigenvalue weighted by Gasteiger charge is -1.95. The molecular formula is C8H12O2. The minimum absolute atomic E-state index is 0.0324. The molecule has 0 aromatic rings. The predicted molar refractivity (Wildman–Crippen MR) is 38.5 cm³/mol. The van der Waals surface area contributed by atoms with Gasteiger partial charge >= 0.3 is 5.97 Å². The summed E-state index contributed by atoms with van der Waals surface area (Å²) < 4.78 is 4.56. The van der Waals surface area contributed by atoms with Crippen molar-refractivity contribution in [3.05, 3.63) is 11.6 Å². The molecule has 0 aliphatic heterocycles. The Kier molecular flexibility index (Phi) is 2.10. The number of hydrogen-bond acceptors (Lipinski definition) is 2. The lowest BCUT2D eigenvalue weighted by Crippen LogP contribution is -2.04. The van der Waals surface area contributed by atoms with E-state index in [4.69, 9.17) is 0 Å². The average molecular weight is 140 g/mol. The van der Waals surface area contributed by atoms with E-state index in [1.54, 1.807) is 0 Å². The van der Waals surface area contributed by atoms with Crippen LogP contribution >= 0.6 is 0 Å². The highest BCUT2D eigenvalue weighted by molar-refractivity contribution is 5.83. The quantitative estimate of drug-likeness (QED) is 0.439. The summed E-state index contributed by atoms with van der Waals surface area (Å²) in [4.78, 5) is 10.8. The van der Waals surface area contributed by atoms with Crippen LogP contribution < -0.4 is 0 Å². The molecule has 1 atom stereocenters. The fourth-order valence-corrected chi connectivity index (χ4v) is 1.04. The van der Waals surface area contributed by atoms with Crippen molar-refractivity contribution >= 4 is 5.97 Å². The van der Waals surface area contributed by atoms with Crippen LogP contribution in [0.2, 0.25) is 0 Å². The van der Waals surface area contributed by atoms with E-state index in [1.165, 1.54) is 12.7 Å². The van der Waals surface area contributed by atoms with Gasteiger partial charge < -0.3 is 4.74 Å². The summed E-state index contributed by atoms with van der Waals surface area (Å²) in [5.74, 6) is -0.0756. The summed E-state index contributed by atoms with van der Waals surface area (Å²) in [6.45, 7) is 2.10. The maximum absolute atomic E-state index is 10.8. The number of methoxy groups -OCH3 is 1. The van der Waals surface area contributed by atoms with E-state index < -0.39 is 0 Å². The first-order chi connectivity index (χ1) is 4.79. The molecule has 0 saturated carbocycles. The monoisotopic (exact) mass is 140 g/mol. The van der Waals surface area contributed by atoms with Crippen molar-refractivity contribution in [1.29, 1.82) is 0 Å². The van der Waals surface area contributed by atoms with Gasteiger partial charge in [0.15, 0.2) is 0 Å². The molecule has 0 heterocycles. The SMILES string of the molecule is CCCC1=CC1C(=O)OC. The van der Waals surface area contributed by atoms with Gasteiger partial charge in [0.05, 0.1) is 13.0 Å². The zero-order valence-electron chi connectivity index (χ0n) is 6.39.